The Labute approximate surface area is 261 Å². The molecule has 0 radical (unpaired) electrons. The molecule has 12 heteroatoms. The lowest BCUT2D eigenvalue weighted by atomic mass is 9.95. The molecular formula is C33H34NO10P. The number of amides is 1. The first-order chi connectivity index (χ1) is 21.5. The first-order valence-corrected chi connectivity index (χ1v) is 15.5. The van der Waals surface area contributed by atoms with Crippen molar-refractivity contribution < 1.29 is 47.7 Å². The lowest BCUT2D eigenvalue weighted by molar-refractivity contribution is -0.270. The van der Waals surface area contributed by atoms with Crippen LogP contribution >= 0.6 is 7.92 Å². The summed E-state index contributed by atoms with van der Waals surface area (Å²) in [6.45, 7) is 4.20. The Morgan fingerprint density at radius 1 is 0.667 bits per heavy atom. The summed E-state index contributed by atoms with van der Waals surface area (Å²) in [5, 5.41) is 5.60. The van der Waals surface area contributed by atoms with Gasteiger partial charge < -0.3 is 29.0 Å². The summed E-state index contributed by atoms with van der Waals surface area (Å²) in [5.74, 6) is -3.48. The highest BCUT2D eigenvalue weighted by Crippen LogP contribution is 2.34. The van der Waals surface area contributed by atoms with Gasteiger partial charge in [0.2, 0.25) is 6.29 Å². The topological polar surface area (TPSA) is 144 Å². The molecule has 3 aromatic carbocycles. The SMILES string of the molecule is CC(=O)OC[C@H]1O[C@@H](OC(C)=O)[C@H](NC(=O)c2ccccc2P(c2ccccc2)c2ccccc2)[C@@H](OC(C)=O)[C@@H]1OC(C)=O. The van der Waals surface area contributed by atoms with E-state index < -0.39 is 75.0 Å². The molecule has 0 bridgehead atoms. The number of ether oxygens (including phenoxy) is 5. The normalized spacial score (nSPS) is 20.9. The third kappa shape index (κ3) is 8.74. The smallest absolute Gasteiger partial charge is 0.305 e. The Morgan fingerprint density at radius 3 is 1.71 bits per heavy atom. The van der Waals surface area contributed by atoms with Crippen molar-refractivity contribution in [2.24, 2.45) is 0 Å². The molecule has 0 saturated carbocycles. The van der Waals surface area contributed by atoms with Gasteiger partial charge in [-0.3, -0.25) is 24.0 Å². The van der Waals surface area contributed by atoms with Crippen LogP contribution in [-0.4, -0.2) is 67.0 Å². The number of rotatable bonds is 10. The maximum Gasteiger partial charge on any atom is 0.305 e. The number of carbonyl (C=O) groups excluding carboxylic acids is 5. The van der Waals surface area contributed by atoms with E-state index in [0.717, 1.165) is 36.7 Å². The second-order valence-electron chi connectivity index (χ2n) is 10.1. The lowest BCUT2D eigenvalue weighted by Crippen LogP contribution is -2.67. The summed E-state index contributed by atoms with van der Waals surface area (Å²) in [6, 6.07) is 25.4. The summed E-state index contributed by atoms with van der Waals surface area (Å²) in [4.78, 5) is 62.3. The summed E-state index contributed by atoms with van der Waals surface area (Å²) < 4.78 is 27.5. The maximum atomic E-state index is 14.2. The van der Waals surface area contributed by atoms with Crippen molar-refractivity contribution in [2.75, 3.05) is 6.61 Å². The van der Waals surface area contributed by atoms with Crippen molar-refractivity contribution in [3.8, 4) is 0 Å². The molecule has 0 unspecified atom stereocenters. The zero-order chi connectivity index (χ0) is 32.5. The van der Waals surface area contributed by atoms with E-state index >= 15 is 0 Å². The van der Waals surface area contributed by atoms with Crippen LogP contribution in [0, 0.1) is 0 Å². The minimum absolute atomic E-state index is 0.325. The molecule has 1 N–H and O–H groups in total. The number of hydrogen-bond donors (Lipinski definition) is 1. The highest BCUT2D eigenvalue weighted by molar-refractivity contribution is 7.80. The largest absolute Gasteiger partial charge is 0.463 e. The van der Waals surface area contributed by atoms with E-state index in [1.165, 1.54) is 6.92 Å². The van der Waals surface area contributed by atoms with Gasteiger partial charge in [-0.15, -0.1) is 0 Å². The molecular weight excluding hydrogens is 601 g/mol. The summed E-state index contributed by atoms with van der Waals surface area (Å²) in [6.07, 6.45) is -5.41. The fourth-order valence-electron chi connectivity index (χ4n) is 4.99. The molecule has 1 heterocycles. The molecule has 0 spiro atoms. The van der Waals surface area contributed by atoms with Crippen LogP contribution in [0.5, 0.6) is 0 Å². The Kier molecular flexibility index (Phi) is 11.4. The minimum Gasteiger partial charge on any atom is -0.463 e. The van der Waals surface area contributed by atoms with Gasteiger partial charge in [-0.05, 0) is 29.9 Å². The average Bonchev–Trinajstić information content (AvgIpc) is 3.00. The lowest BCUT2D eigenvalue weighted by Gasteiger charge is -2.44. The van der Waals surface area contributed by atoms with Crippen LogP contribution in [0.3, 0.4) is 0 Å². The van der Waals surface area contributed by atoms with Gasteiger partial charge >= 0.3 is 23.9 Å². The molecule has 11 nitrogen and oxygen atoms in total. The molecule has 0 aliphatic carbocycles. The number of hydrogen-bond acceptors (Lipinski definition) is 10. The van der Waals surface area contributed by atoms with E-state index in [1.54, 1.807) is 12.1 Å². The minimum atomic E-state index is -1.50. The standard InChI is InChI=1S/C33H34NO10P/c1-20(35)40-19-27-30(41-21(2)36)31(42-22(3)37)29(33(44-27)43-23(4)38)34-32(39)26-17-11-12-18-28(26)45(24-13-7-5-8-14-24)25-15-9-6-10-16-25/h5-18,27,29-31,33H,19H2,1-4H3,(H,34,39)/t27-,29-,30-,31-,33-/m1/s1. The fraction of sp³-hybridized carbons (Fsp3) is 0.303. The van der Waals surface area contributed by atoms with Crippen LogP contribution in [0.25, 0.3) is 0 Å². The molecule has 1 saturated heterocycles. The summed E-state index contributed by atoms with van der Waals surface area (Å²) >= 11 is 0. The van der Waals surface area contributed by atoms with Crippen molar-refractivity contribution in [1.29, 1.82) is 0 Å². The van der Waals surface area contributed by atoms with Crippen molar-refractivity contribution in [3.63, 3.8) is 0 Å². The molecule has 1 amide bonds. The first kappa shape index (κ1) is 33.3. The first-order valence-electron chi connectivity index (χ1n) is 14.2. The molecule has 45 heavy (non-hydrogen) atoms. The number of nitrogens with one attached hydrogen (secondary N) is 1. The summed E-state index contributed by atoms with van der Waals surface area (Å²) in [5.41, 5.74) is 0.325. The van der Waals surface area contributed by atoms with E-state index in [1.807, 2.05) is 72.8 Å². The van der Waals surface area contributed by atoms with Gasteiger partial charge in [-0.2, -0.15) is 0 Å². The van der Waals surface area contributed by atoms with Gasteiger partial charge in [0, 0.05) is 33.3 Å². The van der Waals surface area contributed by atoms with Gasteiger partial charge in [0.1, 0.15) is 18.8 Å². The van der Waals surface area contributed by atoms with Crippen LogP contribution in [0.15, 0.2) is 84.9 Å². The molecule has 236 valence electrons. The highest BCUT2D eigenvalue weighted by atomic mass is 31.1. The van der Waals surface area contributed by atoms with Crippen LogP contribution in [0.4, 0.5) is 0 Å². The Bertz CT molecular complexity index is 1480. The Morgan fingerprint density at radius 2 is 1.18 bits per heavy atom. The van der Waals surface area contributed by atoms with Gasteiger partial charge in [0.05, 0.1) is 0 Å². The molecule has 1 aliphatic rings. The van der Waals surface area contributed by atoms with E-state index in [9.17, 15) is 24.0 Å². The van der Waals surface area contributed by atoms with Crippen LogP contribution in [0.1, 0.15) is 38.1 Å². The van der Waals surface area contributed by atoms with Gasteiger partial charge in [0.25, 0.3) is 5.91 Å². The second kappa shape index (κ2) is 15.4. The van der Waals surface area contributed by atoms with Crippen LogP contribution in [0.2, 0.25) is 0 Å². The van der Waals surface area contributed by atoms with Crippen molar-refractivity contribution in [1.82, 2.24) is 5.32 Å². The molecule has 1 aliphatic heterocycles. The Hall–Kier alpha value is -4.60. The quantitative estimate of drug-likeness (QED) is 0.200. The summed E-state index contributed by atoms with van der Waals surface area (Å²) in [7, 11) is -1.19. The zero-order valence-electron chi connectivity index (χ0n) is 25.2. The predicted molar refractivity (Wildman–Crippen MR) is 165 cm³/mol. The highest BCUT2D eigenvalue weighted by Gasteiger charge is 2.52. The third-order valence-corrected chi connectivity index (χ3v) is 9.20. The molecule has 3 aromatic rings. The Balaban J connectivity index is 1.77. The van der Waals surface area contributed by atoms with Gasteiger partial charge in [0.15, 0.2) is 12.2 Å². The molecule has 0 aromatic heterocycles. The predicted octanol–water partition coefficient (Wildman–Crippen LogP) is 2.26. The van der Waals surface area contributed by atoms with Crippen LogP contribution < -0.4 is 21.2 Å². The van der Waals surface area contributed by atoms with Crippen LogP contribution in [-0.2, 0) is 42.9 Å². The van der Waals surface area contributed by atoms with E-state index in [4.69, 9.17) is 23.7 Å². The number of benzene rings is 3. The maximum absolute atomic E-state index is 14.2. The number of carbonyl (C=O) groups is 5. The van der Waals surface area contributed by atoms with E-state index in [-0.39, 0.29) is 0 Å². The molecule has 5 atom stereocenters. The van der Waals surface area contributed by atoms with Crippen molar-refractivity contribution >= 4 is 53.6 Å². The zero-order valence-corrected chi connectivity index (χ0v) is 26.1. The molecule has 1 fully saturated rings. The van der Waals surface area contributed by atoms with E-state index in [0.29, 0.717) is 5.56 Å². The second-order valence-corrected chi connectivity index (χ2v) is 12.3. The van der Waals surface area contributed by atoms with Gasteiger partial charge in [-0.1, -0.05) is 78.9 Å². The fourth-order valence-corrected chi connectivity index (χ4v) is 7.44. The van der Waals surface area contributed by atoms with Crippen molar-refractivity contribution in [3.05, 3.63) is 90.5 Å². The average molecular weight is 636 g/mol. The monoisotopic (exact) mass is 635 g/mol. The number of esters is 4. The van der Waals surface area contributed by atoms with E-state index in [2.05, 4.69) is 5.32 Å². The third-order valence-electron chi connectivity index (χ3n) is 6.70. The molecule has 4 rings (SSSR count). The van der Waals surface area contributed by atoms with Gasteiger partial charge in [-0.25, -0.2) is 0 Å². The van der Waals surface area contributed by atoms with Crippen molar-refractivity contribution in [2.45, 2.75) is 58.3 Å².